The third-order valence-electron chi connectivity index (χ3n) is 4.36. The van der Waals surface area contributed by atoms with Crippen molar-refractivity contribution in [2.24, 2.45) is 0 Å². The fraction of sp³-hybridized carbons (Fsp3) is 0.0455. The summed E-state index contributed by atoms with van der Waals surface area (Å²) in [5.41, 5.74) is -0.558. The Labute approximate surface area is 196 Å². The van der Waals surface area contributed by atoms with Crippen LogP contribution in [0, 0.1) is 10.1 Å². The first kappa shape index (κ1) is 23.4. The van der Waals surface area contributed by atoms with Gasteiger partial charge in [0.1, 0.15) is 5.02 Å². The SMILES string of the molecule is O=C(COC(=O)c1ccccc1C(=O)c1ccc(Cl)c([N+](=O)[O-])c1)c1cc(Cl)ccc1Cl. The molecule has 0 saturated heterocycles. The standard InChI is InChI=1S/C22H12Cl3NO6/c23-13-6-8-17(24)16(10-13)20(27)11-32-22(29)15-4-2-1-3-14(15)21(28)12-5-7-18(25)19(9-12)26(30)31/h1-10H,11H2. The molecule has 0 saturated carbocycles. The Morgan fingerprint density at radius 3 is 2.19 bits per heavy atom. The van der Waals surface area contributed by atoms with E-state index in [1.54, 1.807) is 0 Å². The summed E-state index contributed by atoms with van der Waals surface area (Å²) in [5.74, 6) is -2.16. The van der Waals surface area contributed by atoms with Crippen LogP contribution in [-0.2, 0) is 4.74 Å². The molecule has 0 unspecified atom stereocenters. The molecule has 0 bridgehead atoms. The fourth-order valence-corrected chi connectivity index (χ4v) is 3.39. The summed E-state index contributed by atoms with van der Waals surface area (Å²) < 4.78 is 5.08. The van der Waals surface area contributed by atoms with Crippen LogP contribution in [0.3, 0.4) is 0 Å². The number of nitro benzene ring substituents is 1. The fourth-order valence-electron chi connectivity index (χ4n) is 2.81. The number of ketones is 2. The smallest absolute Gasteiger partial charge is 0.339 e. The summed E-state index contributed by atoms with van der Waals surface area (Å²) in [6.07, 6.45) is 0. The molecule has 0 aliphatic carbocycles. The Morgan fingerprint density at radius 1 is 0.844 bits per heavy atom. The lowest BCUT2D eigenvalue weighted by Crippen LogP contribution is -2.17. The van der Waals surface area contributed by atoms with E-state index in [0.717, 1.165) is 6.07 Å². The largest absolute Gasteiger partial charge is 0.454 e. The first-order valence-electron chi connectivity index (χ1n) is 8.92. The van der Waals surface area contributed by atoms with Gasteiger partial charge >= 0.3 is 5.97 Å². The van der Waals surface area contributed by atoms with Crippen LogP contribution in [0.15, 0.2) is 60.7 Å². The molecule has 0 amide bonds. The molecule has 0 fully saturated rings. The minimum absolute atomic E-state index is 0.0388. The summed E-state index contributed by atoms with van der Waals surface area (Å²) in [5, 5.41) is 11.4. The molecule has 0 aliphatic heterocycles. The van der Waals surface area contributed by atoms with Gasteiger partial charge in [0.25, 0.3) is 5.69 Å². The third kappa shape index (κ3) is 5.13. The number of rotatable bonds is 7. The Morgan fingerprint density at radius 2 is 1.50 bits per heavy atom. The van der Waals surface area contributed by atoms with Crippen LogP contribution in [0.4, 0.5) is 5.69 Å². The number of carbonyl (C=O) groups is 3. The van der Waals surface area contributed by atoms with Crippen molar-refractivity contribution in [2.75, 3.05) is 6.61 Å². The Balaban J connectivity index is 1.83. The van der Waals surface area contributed by atoms with Gasteiger partial charge in [0.05, 0.1) is 15.5 Å². The van der Waals surface area contributed by atoms with Gasteiger partial charge in [-0.3, -0.25) is 19.7 Å². The van der Waals surface area contributed by atoms with Crippen molar-refractivity contribution in [2.45, 2.75) is 0 Å². The second kappa shape index (κ2) is 9.91. The predicted octanol–water partition coefficient (Wildman–Crippen LogP) is 5.83. The molecule has 3 aromatic rings. The van der Waals surface area contributed by atoms with Crippen LogP contribution in [0.1, 0.15) is 36.6 Å². The van der Waals surface area contributed by atoms with Gasteiger partial charge in [-0.15, -0.1) is 0 Å². The van der Waals surface area contributed by atoms with Crippen molar-refractivity contribution in [3.8, 4) is 0 Å². The molecule has 0 N–H and O–H groups in total. The highest BCUT2D eigenvalue weighted by atomic mass is 35.5. The number of benzene rings is 3. The molecule has 32 heavy (non-hydrogen) atoms. The summed E-state index contributed by atoms with van der Waals surface area (Å²) in [6.45, 7) is -0.631. The van der Waals surface area contributed by atoms with Crippen LogP contribution in [0.5, 0.6) is 0 Å². The molecule has 7 nitrogen and oxygen atoms in total. The van der Waals surface area contributed by atoms with Crippen molar-refractivity contribution in [3.05, 3.63) is 108 Å². The van der Waals surface area contributed by atoms with Crippen molar-refractivity contribution in [1.82, 2.24) is 0 Å². The number of Topliss-reactive ketones (excluding diaryl/α,β-unsaturated/α-hetero) is 1. The highest BCUT2D eigenvalue weighted by Crippen LogP contribution is 2.27. The Kier molecular flexibility index (Phi) is 7.25. The van der Waals surface area contributed by atoms with Gasteiger partial charge in [-0.1, -0.05) is 53.0 Å². The first-order valence-corrected chi connectivity index (χ1v) is 10.1. The highest BCUT2D eigenvalue weighted by Gasteiger charge is 2.23. The van der Waals surface area contributed by atoms with Gasteiger partial charge in [0.15, 0.2) is 12.4 Å². The maximum absolute atomic E-state index is 12.9. The van der Waals surface area contributed by atoms with E-state index in [9.17, 15) is 24.5 Å². The summed E-state index contributed by atoms with van der Waals surface area (Å²) in [7, 11) is 0. The second-order valence-corrected chi connectivity index (χ2v) is 7.67. The predicted molar refractivity (Wildman–Crippen MR) is 119 cm³/mol. The lowest BCUT2D eigenvalue weighted by molar-refractivity contribution is -0.384. The topological polar surface area (TPSA) is 104 Å². The number of ether oxygens (including phenoxy) is 1. The number of nitrogens with zero attached hydrogens (tertiary/aromatic N) is 1. The van der Waals surface area contributed by atoms with Gasteiger partial charge in [0.2, 0.25) is 5.78 Å². The van der Waals surface area contributed by atoms with Crippen LogP contribution < -0.4 is 0 Å². The normalized spacial score (nSPS) is 10.5. The molecular weight excluding hydrogens is 481 g/mol. The minimum atomic E-state index is -0.927. The zero-order chi connectivity index (χ0) is 23.4. The zero-order valence-corrected chi connectivity index (χ0v) is 18.3. The molecule has 0 aromatic heterocycles. The van der Waals surface area contributed by atoms with Gasteiger partial charge < -0.3 is 4.74 Å². The molecular formula is C22H12Cl3NO6. The van der Waals surface area contributed by atoms with E-state index < -0.39 is 34.8 Å². The monoisotopic (exact) mass is 491 g/mol. The van der Waals surface area contributed by atoms with E-state index in [1.807, 2.05) is 0 Å². The van der Waals surface area contributed by atoms with Crippen LogP contribution >= 0.6 is 34.8 Å². The van der Waals surface area contributed by atoms with Crippen LogP contribution in [-0.4, -0.2) is 29.1 Å². The summed E-state index contributed by atoms with van der Waals surface area (Å²) in [4.78, 5) is 48.3. The van der Waals surface area contributed by atoms with Crippen molar-refractivity contribution in [3.63, 3.8) is 0 Å². The summed E-state index contributed by atoms with van der Waals surface area (Å²) >= 11 is 17.6. The van der Waals surface area contributed by atoms with Crippen LogP contribution in [0.25, 0.3) is 0 Å². The van der Waals surface area contributed by atoms with E-state index in [4.69, 9.17) is 39.5 Å². The van der Waals surface area contributed by atoms with Gasteiger partial charge in [-0.25, -0.2) is 4.79 Å². The lowest BCUT2D eigenvalue weighted by atomic mass is 9.98. The van der Waals surface area contributed by atoms with Gasteiger partial charge in [-0.05, 0) is 36.4 Å². The Hall–Kier alpha value is -3.26. The molecule has 3 rings (SSSR count). The van der Waals surface area contributed by atoms with Crippen molar-refractivity contribution in [1.29, 1.82) is 0 Å². The number of hydrogen-bond acceptors (Lipinski definition) is 6. The number of hydrogen-bond donors (Lipinski definition) is 0. The van der Waals surface area contributed by atoms with Gasteiger partial charge in [-0.2, -0.15) is 0 Å². The van der Waals surface area contributed by atoms with E-state index in [2.05, 4.69) is 0 Å². The van der Waals surface area contributed by atoms with Crippen molar-refractivity contribution >= 4 is 58.0 Å². The number of carbonyl (C=O) groups excluding carboxylic acids is 3. The molecule has 0 aliphatic rings. The highest BCUT2D eigenvalue weighted by molar-refractivity contribution is 6.36. The maximum Gasteiger partial charge on any atom is 0.339 e. The molecule has 0 heterocycles. The van der Waals surface area contributed by atoms with Crippen LogP contribution in [0.2, 0.25) is 15.1 Å². The quantitative estimate of drug-likeness (QED) is 0.178. The average molecular weight is 493 g/mol. The molecule has 0 spiro atoms. The molecule has 162 valence electrons. The van der Waals surface area contributed by atoms with E-state index in [-0.39, 0.29) is 37.3 Å². The van der Waals surface area contributed by atoms with E-state index in [1.165, 1.54) is 54.6 Å². The second-order valence-electron chi connectivity index (χ2n) is 6.42. The Bertz CT molecular complexity index is 1260. The molecule has 3 aromatic carbocycles. The zero-order valence-electron chi connectivity index (χ0n) is 16.0. The first-order chi connectivity index (χ1) is 15.2. The summed E-state index contributed by atoms with van der Waals surface area (Å²) in [6, 6.07) is 13.6. The molecule has 0 atom stereocenters. The molecule has 0 radical (unpaired) electrons. The third-order valence-corrected chi connectivity index (χ3v) is 5.24. The van der Waals surface area contributed by atoms with Crippen molar-refractivity contribution < 1.29 is 24.0 Å². The number of esters is 1. The van der Waals surface area contributed by atoms with E-state index in [0.29, 0.717) is 0 Å². The molecule has 10 heteroatoms. The lowest BCUT2D eigenvalue weighted by Gasteiger charge is -2.10. The van der Waals surface area contributed by atoms with E-state index >= 15 is 0 Å². The number of halogens is 3. The number of nitro groups is 1. The van der Waals surface area contributed by atoms with Gasteiger partial charge in [0, 0.05) is 27.8 Å². The maximum atomic E-state index is 12.9. The average Bonchev–Trinajstić information content (AvgIpc) is 2.78. The minimum Gasteiger partial charge on any atom is -0.454 e.